The molecule has 2 aromatic rings. The van der Waals surface area contributed by atoms with Crippen molar-refractivity contribution < 1.29 is 0 Å². The zero-order chi connectivity index (χ0) is 13.9. The van der Waals surface area contributed by atoms with Crippen LogP contribution in [0.1, 0.15) is 29.7 Å². The van der Waals surface area contributed by atoms with Gasteiger partial charge in [0.2, 0.25) is 0 Å². The highest BCUT2D eigenvalue weighted by Crippen LogP contribution is 2.23. The number of nitrogens with one attached hydrogen (secondary N) is 1. The standard InChI is InChI=1S/C17H21N3/c1-13(18-2)15-7-8-17(19-11-15)20-10-9-14-5-3-4-6-16(14)12-20/h3-8,11,13,18H,9-10,12H2,1-2H3. The number of nitrogens with zero attached hydrogens (tertiary/aromatic N) is 2. The van der Waals surface area contributed by atoms with Crippen molar-refractivity contribution in [3.63, 3.8) is 0 Å². The summed E-state index contributed by atoms with van der Waals surface area (Å²) in [5.74, 6) is 1.08. The zero-order valence-electron chi connectivity index (χ0n) is 12.1. The third kappa shape index (κ3) is 2.54. The molecule has 1 N–H and O–H groups in total. The molecule has 0 fully saturated rings. The highest BCUT2D eigenvalue weighted by molar-refractivity contribution is 5.44. The summed E-state index contributed by atoms with van der Waals surface area (Å²) in [6.07, 6.45) is 3.09. The van der Waals surface area contributed by atoms with E-state index in [1.807, 2.05) is 13.2 Å². The van der Waals surface area contributed by atoms with E-state index in [1.165, 1.54) is 16.7 Å². The third-order valence-corrected chi connectivity index (χ3v) is 4.16. The Kier molecular flexibility index (Phi) is 3.70. The van der Waals surface area contributed by atoms with Gasteiger partial charge >= 0.3 is 0 Å². The number of pyridine rings is 1. The molecule has 1 unspecified atom stereocenters. The van der Waals surface area contributed by atoms with E-state index in [1.54, 1.807) is 0 Å². The first-order valence-corrected chi connectivity index (χ1v) is 7.23. The average molecular weight is 267 g/mol. The van der Waals surface area contributed by atoms with Crippen molar-refractivity contribution in [2.24, 2.45) is 0 Å². The maximum atomic E-state index is 4.63. The molecule has 1 atom stereocenters. The first-order valence-electron chi connectivity index (χ1n) is 7.23. The second-order valence-electron chi connectivity index (χ2n) is 5.40. The maximum Gasteiger partial charge on any atom is 0.128 e. The van der Waals surface area contributed by atoms with Crippen LogP contribution in [-0.4, -0.2) is 18.6 Å². The largest absolute Gasteiger partial charge is 0.352 e. The summed E-state index contributed by atoms with van der Waals surface area (Å²) in [4.78, 5) is 6.99. The van der Waals surface area contributed by atoms with Crippen molar-refractivity contribution in [1.29, 1.82) is 0 Å². The molecule has 0 saturated carbocycles. The summed E-state index contributed by atoms with van der Waals surface area (Å²) in [6.45, 7) is 4.16. The van der Waals surface area contributed by atoms with Crippen molar-refractivity contribution in [1.82, 2.24) is 10.3 Å². The van der Waals surface area contributed by atoms with Gasteiger partial charge in [-0.25, -0.2) is 4.98 Å². The number of hydrogen-bond donors (Lipinski definition) is 1. The van der Waals surface area contributed by atoms with Crippen LogP contribution in [0.4, 0.5) is 5.82 Å². The quantitative estimate of drug-likeness (QED) is 0.927. The van der Waals surface area contributed by atoms with Gasteiger partial charge in [0.15, 0.2) is 0 Å². The number of rotatable bonds is 3. The van der Waals surface area contributed by atoms with E-state index < -0.39 is 0 Å². The van der Waals surface area contributed by atoms with E-state index in [9.17, 15) is 0 Å². The molecule has 1 aliphatic heterocycles. The first-order chi connectivity index (χ1) is 9.78. The number of fused-ring (bicyclic) bond motifs is 1. The molecule has 3 nitrogen and oxygen atoms in total. The van der Waals surface area contributed by atoms with Gasteiger partial charge in [-0.1, -0.05) is 30.3 Å². The fourth-order valence-corrected chi connectivity index (χ4v) is 2.70. The van der Waals surface area contributed by atoms with Gasteiger partial charge in [-0.15, -0.1) is 0 Å². The highest BCUT2D eigenvalue weighted by atomic mass is 15.2. The van der Waals surface area contributed by atoms with Gasteiger partial charge in [-0.05, 0) is 43.1 Å². The molecule has 0 saturated heterocycles. The van der Waals surface area contributed by atoms with Crippen molar-refractivity contribution in [2.75, 3.05) is 18.5 Å². The molecule has 0 bridgehead atoms. The predicted octanol–water partition coefficient (Wildman–Crippen LogP) is 2.92. The number of anilines is 1. The molecule has 0 radical (unpaired) electrons. The third-order valence-electron chi connectivity index (χ3n) is 4.16. The van der Waals surface area contributed by atoms with Gasteiger partial charge in [0.25, 0.3) is 0 Å². The Morgan fingerprint density at radius 1 is 1.15 bits per heavy atom. The molecule has 1 aliphatic rings. The van der Waals surface area contributed by atoms with Gasteiger partial charge in [0, 0.05) is 25.3 Å². The van der Waals surface area contributed by atoms with E-state index in [4.69, 9.17) is 0 Å². The van der Waals surface area contributed by atoms with Gasteiger partial charge < -0.3 is 10.2 Å². The monoisotopic (exact) mass is 267 g/mol. The number of hydrogen-bond acceptors (Lipinski definition) is 3. The van der Waals surface area contributed by atoms with Crippen LogP contribution in [0.15, 0.2) is 42.6 Å². The maximum absolute atomic E-state index is 4.63. The smallest absolute Gasteiger partial charge is 0.128 e. The zero-order valence-corrected chi connectivity index (χ0v) is 12.1. The summed E-state index contributed by atoms with van der Waals surface area (Å²) in [7, 11) is 1.97. The highest BCUT2D eigenvalue weighted by Gasteiger charge is 2.17. The molecule has 3 rings (SSSR count). The molecule has 0 amide bonds. The molecule has 1 aromatic carbocycles. The molecule has 3 heteroatoms. The van der Waals surface area contributed by atoms with E-state index in [-0.39, 0.29) is 0 Å². The minimum atomic E-state index is 0.346. The average Bonchev–Trinajstić information content (AvgIpc) is 2.54. The molecular formula is C17H21N3. The Labute approximate surface area is 120 Å². The fourth-order valence-electron chi connectivity index (χ4n) is 2.70. The molecule has 0 aliphatic carbocycles. The van der Waals surface area contributed by atoms with Crippen LogP contribution in [0.25, 0.3) is 0 Å². The Morgan fingerprint density at radius 2 is 1.95 bits per heavy atom. The van der Waals surface area contributed by atoms with E-state index in [0.717, 1.165) is 25.3 Å². The SMILES string of the molecule is CNC(C)c1ccc(N2CCc3ccccc3C2)nc1. The van der Waals surface area contributed by atoms with Crippen LogP contribution in [0.3, 0.4) is 0 Å². The van der Waals surface area contributed by atoms with E-state index in [0.29, 0.717) is 6.04 Å². The Balaban J connectivity index is 1.78. The second kappa shape index (κ2) is 5.63. The van der Waals surface area contributed by atoms with Crippen LogP contribution < -0.4 is 10.2 Å². The van der Waals surface area contributed by atoms with Crippen molar-refractivity contribution >= 4 is 5.82 Å². The van der Waals surface area contributed by atoms with Crippen LogP contribution in [0.5, 0.6) is 0 Å². The van der Waals surface area contributed by atoms with Crippen LogP contribution in [-0.2, 0) is 13.0 Å². The lowest BCUT2D eigenvalue weighted by Gasteiger charge is -2.30. The normalized spacial score (nSPS) is 15.8. The van der Waals surface area contributed by atoms with E-state index >= 15 is 0 Å². The van der Waals surface area contributed by atoms with Crippen LogP contribution in [0.2, 0.25) is 0 Å². The number of aromatic nitrogens is 1. The lowest BCUT2D eigenvalue weighted by molar-refractivity contribution is 0.648. The predicted molar refractivity (Wildman–Crippen MR) is 82.9 cm³/mol. The molecule has 0 spiro atoms. The topological polar surface area (TPSA) is 28.2 Å². The van der Waals surface area contributed by atoms with Gasteiger partial charge in [-0.3, -0.25) is 0 Å². The lowest BCUT2D eigenvalue weighted by Crippen LogP contribution is -2.31. The van der Waals surface area contributed by atoms with E-state index in [2.05, 4.69) is 58.5 Å². The minimum Gasteiger partial charge on any atom is -0.352 e. The number of benzene rings is 1. The van der Waals surface area contributed by atoms with Gasteiger partial charge in [0.1, 0.15) is 5.82 Å². The van der Waals surface area contributed by atoms with Crippen LogP contribution in [0, 0.1) is 0 Å². The Morgan fingerprint density at radius 3 is 2.65 bits per heavy atom. The Hall–Kier alpha value is -1.87. The van der Waals surface area contributed by atoms with Crippen LogP contribution >= 0.6 is 0 Å². The lowest BCUT2D eigenvalue weighted by atomic mass is 10.00. The van der Waals surface area contributed by atoms with Crippen molar-refractivity contribution in [3.8, 4) is 0 Å². The summed E-state index contributed by atoms with van der Waals surface area (Å²) < 4.78 is 0. The molecule has 2 heterocycles. The fraction of sp³-hybridized carbons (Fsp3) is 0.353. The minimum absolute atomic E-state index is 0.346. The second-order valence-corrected chi connectivity index (χ2v) is 5.40. The summed E-state index contributed by atoms with van der Waals surface area (Å²) in [6, 6.07) is 13.4. The summed E-state index contributed by atoms with van der Waals surface area (Å²) in [5.41, 5.74) is 4.13. The molecule has 20 heavy (non-hydrogen) atoms. The molecule has 1 aromatic heterocycles. The molecular weight excluding hydrogens is 246 g/mol. The Bertz CT molecular complexity index is 577. The molecule has 104 valence electrons. The van der Waals surface area contributed by atoms with Gasteiger partial charge in [0.05, 0.1) is 0 Å². The van der Waals surface area contributed by atoms with Gasteiger partial charge in [-0.2, -0.15) is 0 Å². The summed E-state index contributed by atoms with van der Waals surface area (Å²) in [5, 5.41) is 3.24. The van der Waals surface area contributed by atoms with Crippen molar-refractivity contribution in [2.45, 2.75) is 25.9 Å². The summed E-state index contributed by atoms with van der Waals surface area (Å²) >= 11 is 0. The van der Waals surface area contributed by atoms with Crippen molar-refractivity contribution in [3.05, 3.63) is 59.3 Å². The first kappa shape index (κ1) is 13.1.